The van der Waals surface area contributed by atoms with Gasteiger partial charge in [0.05, 0.1) is 50.4 Å². The third-order valence-corrected chi connectivity index (χ3v) is 5.93. The molecular weight excluding hydrogens is 336 g/mol. The van der Waals surface area contributed by atoms with Crippen LogP contribution in [0.4, 0.5) is 0 Å². The maximum Gasteiger partial charge on any atom is 0.169 e. The van der Waals surface area contributed by atoms with Crippen molar-refractivity contribution in [3.05, 3.63) is 23.8 Å². The number of Topliss-reactive ketones (excluding diaryl/α,β-unsaturated/α-hetero) is 1. The van der Waals surface area contributed by atoms with Gasteiger partial charge in [0, 0.05) is 5.56 Å². The van der Waals surface area contributed by atoms with Gasteiger partial charge in [-0.1, -0.05) is 0 Å². The highest BCUT2D eigenvalue weighted by molar-refractivity contribution is 6.03. The molecule has 26 heavy (non-hydrogen) atoms. The second-order valence-corrected chi connectivity index (χ2v) is 6.90. The van der Waals surface area contributed by atoms with E-state index in [1.165, 1.54) is 14.2 Å². The van der Waals surface area contributed by atoms with Crippen LogP contribution < -0.4 is 9.47 Å². The molecule has 0 N–H and O–H groups in total. The number of methoxy groups -OCH3 is 2. The molecule has 0 amide bonds. The van der Waals surface area contributed by atoms with Crippen LogP contribution in [0.3, 0.4) is 0 Å². The summed E-state index contributed by atoms with van der Waals surface area (Å²) < 4.78 is 22.0. The molecule has 0 aromatic heterocycles. The Morgan fingerprint density at radius 2 is 1.96 bits per heavy atom. The summed E-state index contributed by atoms with van der Waals surface area (Å²) in [5.41, 5.74) is -1.97. The summed E-state index contributed by atoms with van der Waals surface area (Å²) in [7, 11) is 3.00. The molecule has 2 saturated heterocycles. The van der Waals surface area contributed by atoms with Gasteiger partial charge < -0.3 is 18.9 Å². The molecule has 1 aromatic rings. The second-order valence-electron chi connectivity index (χ2n) is 6.90. The van der Waals surface area contributed by atoms with Gasteiger partial charge in [-0.2, -0.15) is 10.5 Å². The molecule has 1 aromatic carbocycles. The van der Waals surface area contributed by atoms with Crippen LogP contribution in [0.25, 0.3) is 0 Å². The maximum atomic E-state index is 13.2. The average Bonchev–Trinajstić information content (AvgIpc) is 3.06. The molecule has 3 aliphatic rings. The van der Waals surface area contributed by atoms with Crippen molar-refractivity contribution < 1.29 is 23.7 Å². The fourth-order valence-corrected chi connectivity index (χ4v) is 4.56. The lowest BCUT2D eigenvalue weighted by Gasteiger charge is -2.29. The van der Waals surface area contributed by atoms with Crippen molar-refractivity contribution in [1.82, 2.24) is 0 Å². The number of rotatable bonds is 4. The highest BCUT2D eigenvalue weighted by atomic mass is 16.7. The molecule has 4 rings (SSSR count). The lowest BCUT2D eigenvalue weighted by atomic mass is 9.86. The molecule has 0 unspecified atom stereocenters. The number of nitriles is 2. The summed E-state index contributed by atoms with van der Waals surface area (Å²) >= 11 is 0. The van der Waals surface area contributed by atoms with E-state index in [9.17, 15) is 15.3 Å². The summed E-state index contributed by atoms with van der Waals surface area (Å²) in [6, 6.07) is 9.04. The van der Waals surface area contributed by atoms with E-state index < -0.39 is 23.0 Å². The Morgan fingerprint density at radius 1 is 1.23 bits per heavy atom. The summed E-state index contributed by atoms with van der Waals surface area (Å²) in [5, 5.41) is 19.5. The Labute approximate surface area is 151 Å². The van der Waals surface area contributed by atoms with Gasteiger partial charge in [0.1, 0.15) is 0 Å². The molecule has 2 heterocycles. The number of ether oxygens (including phenoxy) is 4. The zero-order valence-electron chi connectivity index (χ0n) is 14.5. The summed E-state index contributed by atoms with van der Waals surface area (Å²) in [6.45, 7) is 0.441. The molecule has 7 heteroatoms. The van der Waals surface area contributed by atoms with E-state index in [-0.39, 0.29) is 11.9 Å². The van der Waals surface area contributed by atoms with Crippen molar-refractivity contribution >= 4 is 5.78 Å². The number of fused-ring (bicyclic) bond motifs is 3. The number of hydrogen-bond acceptors (Lipinski definition) is 7. The van der Waals surface area contributed by atoms with Crippen LogP contribution in [0, 0.1) is 39.4 Å². The van der Waals surface area contributed by atoms with Crippen LogP contribution in [0.2, 0.25) is 0 Å². The normalized spacial score (nSPS) is 33.2. The minimum Gasteiger partial charge on any atom is -0.493 e. The van der Waals surface area contributed by atoms with Crippen LogP contribution in [-0.2, 0) is 9.47 Å². The van der Waals surface area contributed by atoms with Gasteiger partial charge >= 0.3 is 0 Å². The third-order valence-electron chi connectivity index (χ3n) is 5.93. The first-order valence-electron chi connectivity index (χ1n) is 8.43. The van der Waals surface area contributed by atoms with Crippen LogP contribution >= 0.6 is 0 Å². The van der Waals surface area contributed by atoms with E-state index in [0.717, 1.165) is 0 Å². The first-order valence-corrected chi connectivity index (χ1v) is 8.43. The maximum absolute atomic E-state index is 13.2. The molecule has 2 bridgehead atoms. The predicted molar refractivity (Wildman–Crippen MR) is 87.3 cm³/mol. The minimum atomic E-state index is -1.43. The average molecular weight is 354 g/mol. The van der Waals surface area contributed by atoms with Crippen LogP contribution in [0.1, 0.15) is 23.2 Å². The Kier molecular flexibility index (Phi) is 3.69. The largest absolute Gasteiger partial charge is 0.493 e. The first kappa shape index (κ1) is 16.8. The molecule has 134 valence electrons. The van der Waals surface area contributed by atoms with Gasteiger partial charge in [-0.15, -0.1) is 0 Å². The molecule has 0 radical (unpaired) electrons. The van der Waals surface area contributed by atoms with Gasteiger partial charge in [-0.05, 0) is 31.0 Å². The van der Waals surface area contributed by atoms with E-state index in [2.05, 4.69) is 12.1 Å². The van der Waals surface area contributed by atoms with E-state index in [1.807, 2.05) is 0 Å². The fraction of sp³-hybridized carbons (Fsp3) is 0.526. The number of hydrogen-bond donors (Lipinski definition) is 0. The smallest absolute Gasteiger partial charge is 0.169 e. The molecule has 1 aliphatic carbocycles. The highest BCUT2D eigenvalue weighted by Crippen LogP contribution is 2.76. The van der Waals surface area contributed by atoms with Crippen LogP contribution in [-0.4, -0.2) is 39.0 Å². The van der Waals surface area contributed by atoms with Crippen molar-refractivity contribution in [1.29, 1.82) is 10.5 Å². The lowest BCUT2D eigenvalue weighted by molar-refractivity contribution is -0.140. The van der Waals surface area contributed by atoms with Gasteiger partial charge in [-0.25, -0.2) is 0 Å². The highest BCUT2D eigenvalue weighted by Gasteiger charge is 2.86. The Morgan fingerprint density at radius 3 is 2.62 bits per heavy atom. The summed E-state index contributed by atoms with van der Waals surface area (Å²) in [4.78, 5) is 13.2. The van der Waals surface area contributed by atoms with Crippen molar-refractivity contribution in [3.63, 3.8) is 0 Å². The van der Waals surface area contributed by atoms with E-state index in [4.69, 9.17) is 18.9 Å². The molecule has 3 fully saturated rings. The Bertz CT molecular complexity index is 840. The summed E-state index contributed by atoms with van der Waals surface area (Å²) in [5.74, 6) is -0.132. The number of ketones is 1. The lowest BCUT2D eigenvalue weighted by Crippen LogP contribution is -2.35. The second kappa shape index (κ2) is 5.70. The topological polar surface area (TPSA) is 102 Å². The van der Waals surface area contributed by atoms with Crippen LogP contribution in [0.15, 0.2) is 18.2 Å². The van der Waals surface area contributed by atoms with Gasteiger partial charge in [0.15, 0.2) is 29.0 Å². The van der Waals surface area contributed by atoms with E-state index in [1.54, 1.807) is 18.2 Å². The SMILES string of the molecule is COc1ccc(C(=O)[C@@H]2C(C#N)(C#N)[C@@]23CC[C@@H]2CO[C@@H]3O2)cc1OC. The molecular formula is C19H18N2O5. The number of carbonyl (C=O) groups excluding carboxylic acids is 1. The summed E-state index contributed by atoms with van der Waals surface area (Å²) in [6.07, 6.45) is 0.539. The van der Waals surface area contributed by atoms with Gasteiger partial charge in [-0.3, -0.25) is 4.79 Å². The Balaban J connectivity index is 1.74. The van der Waals surface area contributed by atoms with Crippen molar-refractivity contribution in [2.24, 2.45) is 16.7 Å². The molecule has 2 aliphatic heterocycles. The van der Waals surface area contributed by atoms with E-state index in [0.29, 0.717) is 36.5 Å². The minimum absolute atomic E-state index is 0.0156. The number of nitrogens with zero attached hydrogens (tertiary/aromatic N) is 2. The zero-order chi connectivity index (χ0) is 18.5. The van der Waals surface area contributed by atoms with Crippen molar-refractivity contribution in [2.45, 2.75) is 25.2 Å². The molecule has 7 nitrogen and oxygen atoms in total. The van der Waals surface area contributed by atoms with Gasteiger partial charge in [0.2, 0.25) is 0 Å². The molecule has 1 spiro atoms. The molecule has 4 atom stereocenters. The van der Waals surface area contributed by atoms with Crippen molar-refractivity contribution in [3.8, 4) is 23.6 Å². The van der Waals surface area contributed by atoms with Crippen molar-refractivity contribution in [2.75, 3.05) is 20.8 Å². The quantitative estimate of drug-likeness (QED) is 0.763. The predicted octanol–water partition coefficient (Wildman–Crippen LogP) is 2.07. The first-order chi connectivity index (χ1) is 12.6. The third kappa shape index (κ3) is 1.90. The van der Waals surface area contributed by atoms with Gasteiger partial charge in [0.25, 0.3) is 0 Å². The Hall–Kier alpha value is -2.61. The van der Waals surface area contributed by atoms with E-state index >= 15 is 0 Å². The molecule has 1 saturated carbocycles. The number of benzene rings is 1. The van der Waals surface area contributed by atoms with Crippen LogP contribution in [0.5, 0.6) is 11.5 Å². The zero-order valence-corrected chi connectivity index (χ0v) is 14.5. The standard InChI is InChI=1S/C19H18N2O5/c1-23-13-4-3-11(7-14(13)24-2)15(22)16-18(9-20,10-21)19(16)6-5-12-8-25-17(19)26-12/h3-4,7,12,16-17H,5-6,8H2,1-2H3/t12-,16-,17-,19+/m1/s1. The fourth-order valence-electron chi connectivity index (χ4n) is 4.56. The number of carbonyl (C=O) groups is 1. The monoisotopic (exact) mass is 354 g/mol.